The van der Waals surface area contributed by atoms with Crippen LogP contribution in [0.1, 0.15) is 10.4 Å². The topological polar surface area (TPSA) is 154 Å². The molecule has 3 unspecified atom stereocenters. The fourth-order valence-corrected chi connectivity index (χ4v) is 4.00. The Balaban J connectivity index is 1.84. The fraction of sp³-hybridized carbons (Fsp3) is 0.292. The van der Waals surface area contributed by atoms with E-state index in [1.807, 2.05) is 18.2 Å². The molecule has 0 saturated carbocycles. The molecule has 2 heterocycles. The van der Waals surface area contributed by atoms with Gasteiger partial charge in [0, 0.05) is 18.2 Å². The predicted molar refractivity (Wildman–Crippen MR) is 122 cm³/mol. The van der Waals surface area contributed by atoms with E-state index >= 15 is 0 Å². The van der Waals surface area contributed by atoms with Gasteiger partial charge in [-0.05, 0) is 5.56 Å². The van der Waals surface area contributed by atoms with Crippen molar-refractivity contribution in [3.05, 3.63) is 76.6 Å². The SMILES string of the molecule is Cn1nc(-c2ccccc2)c(-c2ccccc2)c(C(=O)NC2C(O)O[C@H](CO)C(O)[C@@H]2O)c1=O. The number of aromatic nitrogens is 2. The van der Waals surface area contributed by atoms with Crippen LogP contribution in [-0.2, 0) is 11.8 Å². The highest BCUT2D eigenvalue weighted by atomic mass is 16.6. The van der Waals surface area contributed by atoms with Crippen LogP contribution in [-0.4, -0.2) is 73.4 Å². The van der Waals surface area contributed by atoms with Crippen molar-refractivity contribution in [2.75, 3.05) is 6.61 Å². The van der Waals surface area contributed by atoms with E-state index in [0.29, 0.717) is 16.8 Å². The summed E-state index contributed by atoms with van der Waals surface area (Å²) in [7, 11) is 1.42. The zero-order valence-electron chi connectivity index (χ0n) is 18.3. The van der Waals surface area contributed by atoms with Crippen molar-refractivity contribution in [2.45, 2.75) is 30.6 Å². The first-order valence-electron chi connectivity index (χ1n) is 10.7. The Morgan fingerprint density at radius 2 is 1.59 bits per heavy atom. The van der Waals surface area contributed by atoms with Gasteiger partial charge in [-0.3, -0.25) is 9.59 Å². The molecule has 1 aromatic heterocycles. The Labute approximate surface area is 194 Å². The summed E-state index contributed by atoms with van der Waals surface area (Å²) in [6.45, 7) is -0.639. The molecule has 0 spiro atoms. The fourth-order valence-electron chi connectivity index (χ4n) is 4.00. The van der Waals surface area contributed by atoms with Gasteiger partial charge in [-0.2, -0.15) is 5.10 Å². The number of nitrogens with one attached hydrogen (secondary N) is 1. The second-order valence-corrected chi connectivity index (χ2v) is 7.99. The summed E-state index contributed by atoms with van der Waals surface area (Å²) in [6.07, 6.45) is -6.16. The number of carbonyl (C=O) groups is 1. The molecule has 1 fully saturated rings. The van der Waals surface area contributed by atoms with Crippen molar-refractivity contribution in [1.82, 2.24) is 15.1 Å². The Morgan fingerprint density at radius 3 is 2.18 bits per heavy atom. The lowest BCUT2D eigenvalue weighted by Gasteiger charge is -2.40. The van der Waals surface area contributed by atoms with Crippen LogP contribution in [0, 0.1) is 0 Å². The molecule has 3 aromatic rings. The minimum Gasteiger partial charge on any atom is -0.394 e. The number of aryl methyl sites for hydroxylation is 1. The predicted octanol–water partition coefficient (Wildman–Crippen LogP) is -0.356. The minimum absolute atomic E-state index is 0.249. The summed E-state index contributed by atoms with van der Waals surface area (Å²) >= 11 is 0. The Kier molecular flexibility index (Phi) is 6.87. The molecule has 4 rings (SSSR count). The Bertz CT molecular complexity index is 1220. The zero-order valence-corrected chi connectivity index (χ0v) is 18.3. The number of amides is 1. The first kappa shape index (κ1) is 23.7. The molecule has 5 atom stereocenters. The first-order chi connectivity index (χ1) is 16.3. The Morgan fingerprint density at radius 1 is 1.00 bits per heavy atom. The second-order valence-electron chi connectivity index (χ2n) is 7.99. The minimum atomic E-state index is -1.72. The van der Waals surface area contributed by atoms with Crippen LogP contribution in [0.4, 0.5) is 0 Å². The number of nitrogens with zero attached hydrogens (tertiary/aromatic N) is 2. The summed E-state index contributed by atoms with van der Waals surface area (Å²) in [4.78, 5) is 26.6. The molecule has 10 heteroatoms. The van der Waals surface area contributed by atoms with Crippen molar-refractivity contribution >= 4 is 5.91 Å². The maximum Gasteiger partial charge on any atom is 0.280 e. The van der Waals surface area contributed by atoms with E-state index in [9.17, 15) is 30.0 Å². The van der Waals surface area contributed by atoms with Crippen LogP contribution < -0.4 is 10.9 Å². The van der Waals surface area contributed by atoms with E-state index in [4.69, 9.17) is 4.74 Å². The third-order valence-electron chi connectivity index (χ3n) is 5.78. The number of rotatable bonds is 5. The van der Waals surface area contributed by atoms with Crippen molar-refractivity contribution in [2.24, 2.45) is 7.05 Å². The number of aliphatic hydroxyl groups excluding tert-OH is 4. The van der Waals surface area contributed by atoms with Gasteiger partial charge in [-0.1, -0.05) is 60.7 Å². The first-order valence-corrected chi connectivity index (χ1v) is 10.7. The van der Waals surface area contributed by atoms with Gasteiger partial charge in [0.25, 0.3) is 11.5 Å². The molecular formula is C24H25N3O7. The molecule has 178 valence electrons. The lowest BCUT2D eigenvalue weighted by Crippen LogP contribution is -2.64. The quantitative estimate of drug-likeness (QED) is 0.341. The van der Waals surface area contributed by atoms with Gasteiger partial charge in [0.05, 0.1) is 12.3 Å². The summed E-state index contributed by atoms with van der Waals surface area (Å²) in [5.74, 6) is -0.889. The van der Waals surface area contributed by atoms with E-state index < -0.39 is 48.7 Å². The van der Waals surface area contributed by atoms with Gasteiger partial charge in [-0.25, -0.2) is 4.68 Å². The molecule has 0 aliphatic carbocycles. The molecule has 1 saturated heterocycles. The van der Waals surface area contributed by atoms with Crippen molar-refractivity contribution in [3.8, 4) is 22.4 Å². The van der Waals surface area contributed by atoms with Crippen LogP contribution in [0.2, 0.25) is 0 Å². The monoisotopic (exact) mass is 467 g/mol. The molecule has 1 amide bonds. The lowest BCUT2D eigenvalue weighted by molar-refractivity contribution is -0.252. The lowest BCUT2D eigenvalue weighted by atomic mass is 9.93. The second kappa shape index (κ2) is 9.84. The summed E-state index contributed by atoms with van der Waals surface area (Å²) < 4.78 is 6.16. The molecule has 0 bridgehead atoms. The van der Waals surface area contributed by atoms with Crippen LogP contribution in [0.5, 0.6) is 0 Å². The van der Waals surface area contributed by atoms with Gasteiger partial charge in [0.2, 0.25) is 0 Å². The molecule has 2 aromatic carbocycles. The summed E-state index contributed by atoms with van der Waals surface area (Å²) in [6, 6.07) is 16.4. The normalized spacial score (nSPS) is 24.6. The Hall–Kier alpha value is -3.41. The van der Waals surface area contributed by atoms with Crippen molar-refractivity contribution in [1.29, 1.82) is 0 Å². The number of ether oxygens (including phenoxy) is 1. The highest BCUT2D eigenvalue weighted by molar-refractivity contribution is 6.03. The van der Waals surface area contributed by atoms with E-state index in [1.165, 1.54) is 7.05 Å². The van der Waals surface area contributed by atoms with Gasteiger partial charge in [0.1, 0.15) is 29.9 Å². The van der Waals surface area contributed by atoms with E-state index in [2.05, 4.69) is 10.4 Å². The standard InChI is InChI=1S/C24H25N3O7/c1-27-23(32)17(22(31)25-19-21(30)20(29)15(12-28)34-24(19)33)16(13-8-4-2-5-9-13)18(26-27)14-10-6-3-7-11-14/h2-11,15,19-21,24,28-30,33H,12H2,1H3,(H,25,31)/t15-,19?,20?,21-,24?/m1/s1. The molecule has 10 nitrogen and oxygen atoms in total. The van der Waals surface area contributed by atoms with E-state index in [0.717, 1.165) is 4.68 Å². The number of aliphatic hydroxyl groups is 4. The molecular weight excluding hydrogens is 442 g/mol. The average Bonchev–Trinajstić information content (AvgIpc) is 2.86. The molecule has 0 radical (unpaired) electrons. The van der Waals surface area contributed by atoms with Crippen molar-refractivity contribution < 1.29 is 30.0 Å². The van der Waals surface area contributed by atoms with Gasteiger partial charge >= 0.3 is 0 Å². The van der Waals surface area contributed by atoms with Gasteiger partial charge in [0.15, 0.2) is 6.29 Å². The van der Waals surface area contributed by atoms with Gasteiger partial charge in [-0.15, -0.1) is 0 Å². The largest absolute Gasteiger partial charge is 0.394 e. The highest BCUT2D eigenvalue weighted by Gasteiger charge is 2.44. The van der Waals surface area contributed by atoms with Gasteiger partial charge < -0.3 is 30.5 Å². The highest BCUT2D eigenvalue weighted by Crippen LogP contribution is 2.32. The molecule has 1 aliphatic heterocycles. The summed E-state index contributed by atoms with van der Waals surface area (Å²) in [5.41, 5.74) is 0.972. The third kappa shape index (κ3) is 4.37. The van der Waals surface area contributed by atoms with Crippen molar-refractivity contribution in [3.63, 3.8) is 0 Å². The van der Waals surface area contributed by atoms with Crippen LogP contribution in [0.15, 0.2) is 65.5 Å². The average molecular weight is 467 g/mol. The number of benzene rings is 2. The maximum absolute atomic E-state index is 13.5. The number of hydrogen-bond acceptors (Lipinski definition) is 8. The third-order valence-corrected chi connectivity index (χ3v) is 5.78. The maximum atomic E-state index is 13.5. The molecule has 1 aliphatic rings. The van der Waals surface area contributed by atoms with Crippen LogP contribution >= 0.6 is 0 Å². The number of carbonyl (C=O) groups excluding carboxylic acids is 1. The van der Waals surface area contributed by atoms with Crippen LogP contribution in [0.25, 0.3) is 22.4 Å². The smallest absolute Gasteiger partial charge is 0.280 e. The van der Waals surface area contributed by atoms with Crippen LogP contribution in [0.3, 0.4) is 0 Å². The molecule has 34 heavy (non-hydrogen) atoms. The zero-order chi connectivity index (χ0) is 24.4. The van der Waals surface area contributed by atoms with E-state index in [-0.39, 0.29) is 11.1 Å². The molecule has 5 N–H and O–H groups in total. The number of hydrogen-bond donors (Lipinski definition) is 5. The van der Waals surface area contributed by atoms with E-state index in [1.54, 1.807) is 42.5 Å². The summed E-state index contributed by atoms with van der Waals surface area (Å²) in [5, 5.41) is 47.0.